The summed E-state index contributed by atoms with van der Waals surface area (Å²) in [6.45, 7) is 1.55. The summed E-state index contributed by atoms with van der Waals surface area (Å²) in [5.74, 6) is -0.103. The second-order valence-corrected chi connectivity index (χ2v) is 8.62. The molecular weight excluding hydrogens is 370 g/mol. The number of aromatic nitrogens is 1. The molecule has 0 spiro atoms. The number of carbonyl (C=O) groups excluding carboxylic acids is 1. The van der Waals surface area contributed by atoms with Gasteiger partial charge in [0.1, 0.15) is 0 Å². The highest BCUT2D eigenvalue weighted by Crippen LogP contribution is 2.26. The van der Waals surface area contributed by atoms with Crippen LogP contribution in [0.4, 0.5) is 0 Å². The van der Waals surface area contributed by atoms with E-state index >= 15 is 0 Å². The van der Waals surface area contributed by atoms with Gasteiger partial charge in [0.05, 0.1) is 22.7 Å². The van der Waals surface area contributed by atoms with Gasteiger partial charge in [-0.15, -0.1) is 11.8 Å². The highest BCUT2D eigenvalue weighted by Gasteiger charge is 2.24. The van der Waals surface area contributed by atoms with Gasteiger partial charge in [0.15, 0.2) is 0 Å². The molecule has 6 nitrogen and oxygen atoms in total. The van der Waals surface area contributed by atoms with Gasteiger partial charge >= 0.3 is 0 Å². The van der Waals surface area contributed by atoms with Crippen molar-refractivity contribution < 1.29 is 13.2 Å². The van der Waals surface area contributed by atoms with E-state index in [1.807, 2.05) is 6.26 Å². The number of rotatable bonds is 6. The van der Waals surface area contributed by atoms with E-state index in [0.717, 1.165) is 30.8 Å². The molecule has 1 saturated heterocycles. The van der Waals surface area contributed by atoms with Crippen molar-refractivity contribution in [3.63, 3.8) is 0 Å². The summed E-state index contributed by atoms with van der Waals surface area (Å²) in [7, 11) is -3.73. The van der Waals surface area contributed by atoms with E-state index in [4.69, 9.17) is 0 Å². The third kappa shape index (κ3) is 4.25. The number of nitrogens with zero attached hydrogens (tertiary/aromatic N) is 2. The van der Waals surface area contributed by atoms with Crippen molar-refractivity contribution in [3.05, 3.63) is 53.9 Å². The monoisotopic (exact) mass is 391 g/mol. The summed E-state index contributed by atoms with van der Waals surface area (Å²) >= 11 is 1.44. The molecule has 0 atom stereocenters. The molecule has 8 heteroatoms. The summed E-state index contributed by atoms with van der Waals surface area (Å²) < 4.78 is 27.8. The first-order valence-electron chi connectivity index (χ1n) is 8.38. The average molecular weight is 392 g/mol. The molecule has 1 aromatic heterocycles. The van der Waals surface area contributed by atoms with Crippen molar-refractivity contribution in [2.45, 2.75) is 29.2 Å². The van der Waals surface area contributed by atoms with Crippen LogP contribution in [0.1, 0.15) is 28.9 Å². The Balaban J connectivity index is 1.84. The molecule has 26 heavy (non-hydrogen) atoms. The molecule has 0 bridgehead atoms. The predicted octanol–water partition coefficient (Wildman–Crippen LogP) is 2.52. The van der Waals surface area contributed by atoms with E-state index in [9.17, 15) is 13.2 Å². The fourth-order valence-corrected chi connectivity index (χ4v) is 4.46. The fraction of sp³-hybridized carbons (Fsp3) is 0.333. The summed E-state index contributed by atoms with van der Waals surface area (Å²) in [5, 5.41) is 0. The normalized spacial score (nSPS) is 14.6. The summed E-state index contributed by atoms with van der Waals surface area (Å²) in [6.07, 6.45) is 5.47. The maximum atomic E-state index is 12.8. The van der Waals surface area contributed by atoms with Gasteiger partial charge in [0.25, 0.3) is 5.91 Å². The zero-order chi connectivity index (χ0) is 18.6. The lowest BCUT2D eigenvalue weighted by atomic mass is 10.2. The molecule has 1 fully saturated rings. The molecule has 138 valence electrons. The topological polar surface area (TPSA) is 79.4 Å². The minimum atomic E-state index is -3.73. The van der Waals surface area contributed by atoms with Crippen LogP contribution in [0.2, 0.25) is 0 Å². The lowest BCUT2D eigenvalue weighted by molar-refractivity contribution is 0.0789. The number of benzene rings is 1. The van der Waals surface area contributed by atoms with Crippen LogP contribution in [0.3, 0.4) is 0 Å². The predicted molar refractivity (Wildman–Crippen MR) is 102 cm³/mol. The Morgan fingerprint density at radius 1 is 1.23 bits per heavy atom. The highest BCUT2D eigenvalue weighted by molar-refractivity contribution is 7.98. The molecule has 0 radical (unpaired) electrons. The van der Waals surface area contributed by atoms with Gasteiger partial charge in [0.2, 0.25) is 10.0 Å². The van der Waals surface area contributed by atoms with Crippen LogP contribution in [-0.4, -0.2) is 43.6 Å². The second kappa shape index (κ2) is 8.20. The largest absolute Gasteiger partial charge is 0.339 e. The molecular formula is C18H21N3O3S2. The van der Waals surface area contributed by atoms with Gasteiger partial charge in [-0.3, -0.25) is 9.78 Å². The van der Waals surface area contributed by atoms with Crippen molar-refractivity contribution in [3.8, 4) is 0 Å². The van der Waals surface area contributed by atoms with Crippen LogP contribution in [0.15, 0.2) is 52.4 Å². The quantitative estimate of drug-likeness (QED) is 0.766. The molecule has 2 aromatic rings. The van der Waals surface area contributed by atoms with Crippen LogP contribution in [0, 0.1) is 0 Å². The van der Waals surface area contributed by atoms with E-state index in [-0.39, 0.29) is 17.3 Å². The van der Waals surface area contributed by atoms with Crippen molar-refractivity contribution in [2.75, 3.05) is 19.3 Å². The highest BCUT2D eigenvalue weighted by atomic mass is 32.2. The maximum absolute atomic E-state index is 12.8. The average Bonchev–Trinajstić information content (AvgIpc) is 3.21. The molecule has 1 amide bonds. The zero-order valence-electron chi connectivity index (χ0n) is 14.5. The Hall–Kier alpha value is -1.90. The number of pyridine rings is 1. The summed E-state index contributed by atoms with van der Waals surface area (Å²) in [5.41, 5.74) is 1.07. The Morgan fingerprint density at radius 3 is 2.65 bits per heavy atom. The van der Waals surface area contributed by atoms with Crippen molar-refractivity contribution >= 4 is 27.7 Å². The number of carbonyl (C=O) groups is 1. The first kappa shape index (κ1) is 18.9. The lowest BCUT2D eigenvalue weighted by Gasteiger charge is -2.18. The van der Waals surface area contributed by atoms with Crippen LogP contribution in [-0.2, 0) is 16.6 Å². The van der Waals surface area contributed by atoms with Gasteiger partial charge in [-0.25, -0.2) is 13.1 Å². The Morgan fingerprint density at radius 2 is 2.00 bits per heavy atom. The summed E-state index contributed by atoms with van der Waals surface area (Å²) in [6, 6.07) is 10.0. The van der Waals surface area contributed by atoms with Gasteiger partial charge in [-0.1, -0.05) is 6.07 Å². The van der Waals surface area contributed by atoms with E-state index in [1.165, 1.54) is 23.9 Å². The van der Waals surface area contributed by atoms with Gasteiger partial charge in [0, 0.05) is 24.2 Å². The molecule has 1 N–H and O–H groups in total. The molecule has 1 aromatic carbocycles. The van der Waals surface area contributed by atoms with Crippen molar-refractivity contribution in [2.24, 2.45) is 0 Å². The molecule has 1 aliphatic heterocycles. The number of hydrogen-bond donors (Lipinski definition) is 1. The number of thioether (sulfide) groups is 1. The maximum Gasteiger partial charge on any atom is 0.255 e. The first-order valence-corrected chi connectivity index (χ1v) is 11.1. The molecule has 3 rings (SSSR count). The Labute approximate surface area is 158 Å². The van der Waals surface area contributed by atoms with Gasteiger partial charge in [-0.05, 0) is 49.4 Å². The number of amides is 1. The second-order valence-electron chi connectivity index (χ2n) is 6.01. The van der Waals surface area contributed by atoms with E-state index < -0.39 is 10.0 Å². The SMILES string of the molecule is CSc1ccc(S(=O)(=O)NCc2ccccn2)cc1C(=O)N1CCCC1. The zero-order valence-corrected chi connectivity index (χ0v) is 16.1. The molecule has 0 saturated carbocycles. The van der Waals surface area contributed by atoms with Gasteiger partial charge in [-0.2, -0.15) is 0 Å². The van der Waals surface area contributed by atoms with E-state index in [2.05, 4.69) is 9.71 Å². The van der Waals surface area contributed by atoms with Crippen molar-refractivity contribution in [1.29, 1.82) is 0 Å². The van der Waals surface area contributed by atoms with Crippen molar-refractivity contribution in [1.82, 2.24) is 14.6 Å². The van der Waals surface area contributed by atoms with E-state index in [0.29, 0.717) is 11.3 Å². The molecule has 0 unspecified atom stereocenters. The third-order valence-corrected chi connectivity index (χ3v) is 6.47. The van der Waals surface area contributed by atoms with Crippen LogP contribution < -0.4 is 4.72 Å². The molecule has 2 heterocycles. The van der Waals surface area contributed by atoms with Crippen LogP contribution in [0.25, 0.3) is 0 Å². The van der Waals surface area contributed by atoms with E-state index in [1.54, 1.807) is 35.4 Å². The minimum Gasteiger partial charge on any atom is -0.339 e. The Bertz CT molecular complexity index is 880. The van der Waals surface area contributed by atoms with Crippen LogP contribution in [0.5, 0.6) is 0 Å². The number of sulfonamides is 1. The lowest BCUT2D eigenvalue weighted by Crippen LogP contribution is -2.29. The number of hydrogen-bond acceptors (Lipinski definition) is 5. The summed E-state index contributed by atoms with van der Waals surface area (Å²) in [4.78, 5) is 19.5. The third-order valence-electron chi connectivity index (χ3n) is 4.27. The number of nitrogens with one attached hydrogen (secondary N) is 1. The Kier molecular flexibility index (Phi) is 5.95. The standard InChI is InChI=1S/C18H21N3O3S2/c1-25-17-8-7-15(12-16(17)18(22)21-10-4-5-11-21)26(23,24)20-13-14-6-2-3-9-19-14/h2-3,6-9,12,20H,4-5,10-11,13H2,1H3. The first-order chi connectivity index (χ1) is 12.5. The fourth-order valence-electron chi connectivity index (χ4n) is 2.87. The number of likely N-dealkylation sites (tertiary alicyclic amines) is 1. The minimum absolute atomic E-state index is 0.0915. The van der Waals surface area contributed by atoms with Crippen LogP contribution >= 0.6 is 11.8 Å². The van der Waals surface area contributed by atoms with Gasteiger partial charge < -0.3 is 4.90 Å². The molecule has 0 aliphatic carbocycles. The molecule has 1 aliphatic rings. The smallest absolute Gasteiger partial charge is 0.255 e.